The van der Waals surface area contributed by atoms with Gasteiger partial charge in [-0.05, 0) is 5.56 Å². The fourth-order valence-corrected chi connectivity index (χ4v) is 8.78. The van der Waals surface area contributed by atoms with Crippen molar-refractivity contribution in [2.45, 2.75) is 127 Å². The number of rotatable bonds is 19. The number of benzene rings is 1. The SMILES string of the molecule is CC(=O)NC1CN(CC[NH+](C)C)C(CO)[C@@H](O)C1O.CCC(=O)NCc1ccc(C[N+](C)(C)CCN2CC(NC(C)=O)C(O)[C@H](O)C2CO)cc1.[CH2+]CCN1CC(NC(C)=O)C(O)[C@H](O)C1CO. The lowest BCUT2D eigenvalue weighted by molar-refractivity contribution is -0.903. The number of likely N-dealkylation sites (N-methyl/N-ethyl adjacent to an activating group) is 2. The van der Waals surface area contributed by atoms with Crippen molar-refractivity contribution in [1.29, 1.82) is 0 Å². The molecule has 0 radical (unpaired) electrons. The molecule has 1 aromatic carbocycles. The molecular formula is C46H86N9O13+3. The molecule has 3 fully saturated rings. The number of quaternary nitrogens is 2. The predicted octanol–water partition coefficient (Wildman–Crippen LogP) is -6.66. The monoisotopic (exact) mass is 973 g/mol. The molecule has 0 bridgehead atoms. The molecule has 0 spiro atoms. The Morgan fingerprint density at radius 2 is 1.00 bits per heavy atom. The Balaban J connectivity index is 0.000000377. The molecule has 22 heteroatoms. The van der Waals surface area contributed by atoms with E-state index < -0.39 is 72.9 Å². The van der Waals surface area contributed by atoms with E-state index in [-0.39, 0.29) is 43.4 Å². The Hall–Kier alpha value is -3.59. The molecule has 68 heavy (non-hydrogen) atoms. The van der Waals surface area contributed by atoms with E-state index in [2.05, 4.69) is 54.4 Å². The van der Waals surface area contributed by atoms with Crippen LogP contribution in [0.2, 0.25) is 0 Å². The van der Waals surface area contributed by atoms with E-state index >= 15 is 0 Å². The number of carbonyl (C=O) groups excluding carboxylic acids is 4. The minimum atomic E-state index is -1.14. The first kappa shape index (κ1) is 60.5. The normalized spacial score (nSPS) is 29.1. The van der Waals surface area contributed by atoms with Gasteiger partial charge in [-0.15, -0.1) is 0 Å². The van der Waals surface area contributed by atoms with Crippen LogP contribution >= 0.6 is 0 Å². The van der Waals surface area contributed by atoms with Crippen LogP contribution in [0.4, 0.5) is 0 Å². The van der Waals surface area contributed by atoms with Crippen molar-refractivity contribution in [2.75, 3.05) is 100 Å². The summed E-state index contributed by atoms with van der Waals surface area (Å²) in [5.41, 5.74) is 2.22. The van der Waals surface area contributed by atoms with Crippen molar-refractivity contribution < 1.29 is 74.5 Å². The summed E-state index contributed by atoms with van der Waals surface area (Å²) in [7, 11) is 8.27. The third-order valence-electron chi connectivity index (χ3n) is 12.7. The highest BCUT2D eigenvalue weighted by molar-refractivity contribution is 5.75. The summed E-state index contributed by atoms with van der Waals surface area (Å²) in [6.07, 6.45) is -5.39. The molecule has 9 unspecified atom stereocenters. The number of hydrogen-bond donors (Lipinski definition) is 14. The summed E-state index contributed by atoms with van der Waals surface area (Å²) in [4.78, 5) is 51.9. The molecule has 390 valence electrons. The predicted molar refractivity (Wildman–Crippen MR) is 253 cm³/mol. The highest BCUT2D eigenvalue weighted by atomic mass is 16.3. The van der Waals surface area contributed by atoms with E-state index in [0.29, 0.717) is 63.1 Å². The van der Waals surface area contributed by atoms with E-state index in [0.717, 1.165) is 25.2 Å². The third kappa shape index (κ3) is 19.3. The van der Waals surface area contributed by atoms with Gasteiger partial charge >= 0.3 is 0 Å². The molecule has 3 heterocycles. The number of amides is 4. The number of nitrogens with zero attached hydrogens (tertiary/aromatic N) is 4. The number of piperidine rings is 3. The molecule has 0 aromatic heterocycles. The van der Waals surface area contributed by atoms with Gasteiger partial charge in [-0.25, -0.2) is 0 Å². The zero-order valence-corrected chi connectivity index (χ0v) is 41.5. The molecule has 0 aliphatic carbocycles. The number of nitrogens with one attached hydrogen (secondary N) is 5. The van der Waals surface area contributed by atoms with Crippen molar-refractivity contribution in [1.82, 2.24) is 36.0 Å². The Kier molecular flexibility index (Phi) is 26.3. The van der Waals surface area contributed by atoms with E-state index in [9.17, 15) is 65.1 Å². The molecule has 0 saturated carbocycles. The summed E-state index contributed by atoms with van der Waals surface area (Å²) in [6, 6.07) is 5.01. The van der Waals surface area contributed by atoms with Gasteiger partial charge in [-0.2, -0.15) is 0 Å². The van der Waals surface area contributed by atoms with Crippen LogP contribution in [0.15, 0.2) is 24.3 Å². The Morgan fingerprint density at radius 3 is 1.34 bits per heavy atom. The fraction of sp³-hybridized carbons (Fsp3) is 0.761. The zero-order chi connectivity index (χ0) is 51.5. The standard InChI is InChI=1S/C23H38N4O5.C12H25N3O4.C11H20N2O4/c1-5-21(30)24-12-17-6-8-18(9-7-17)14-27(3,4)11-10-26-13-19(25-16(2)29)22(31)23(32)20(26)15-28;1-8(17)13-9-6-15(5-4-14(2)3)10(7-16)12(19)11(9)18;1-3-4-13-5-8(12-7(2)15)10(16)11(17)9(13)6-14/h6-9,19-20,22-23,28,31-32H,5,10-15H2,1-4H3,(H-,24,25,29,30);9-12,16,18-19H,4-7H2,1-3H3,(H,13,17);8-11,14,16-17H,1,3-6H2,2H3/p+3/t19?,20?,22?,23-;9?,10?,11?,12-;8?,9?,10?,11-/m111/s1. The molecule has 4 rings (SSSR count). The second-order valence-corrected chi connectivity index (χ2v) is 19.2. The van der Waals surface area contributed by atoms with Crippen LogP contribution in [0.1, 0.15) is 51.7 Å². The number of aliphatic hydroxyl groups is 9. The Morgan fingerprint density at radius 1 is 0.632 bits per heavy atom. The summed E-state index contributed by atoms with van der Waals surface area (Å²) < 4.78 is 0.685. The number of aliphatic hydroxyl groups excluding tert-OH is 9. The van der Waals surface area contributed by atoms with E-state index in [4.69, 9.17) is 0 Å². The van der Waals surface area contributed by atoms with Crippen molar-refractivity contribution in [3.63, 3.8) is 0 Å². The summed E-state index contributed by atoms with van der Waals surface area (Å²) >= 11 is 0. The van der Waals surface area contributed by atoms with Gasteiger partial charge in [0.2, 0.25) is 23.6 Å². The van der Waals surface area contributed by atoms with Gasteiger partial charge in [0.15, 0.2) is 0 Å². The van der Waals surface area contributed by atoms with Crippen LogP contribution < -0.4 is 26.2 Å². The highest BCUT2D eigenvalue weighted by Gasteiger charge is 2.44. The first-order chi connectivity index (χ1) is 31.9. The van der Waals surface area contributed by atoms with E-state index in [1.165, 1.54) is 31.2 Å². The lowest BCUT2D eigenvalue weighted by Gasteiger charge is -2.45. The van der Waals surface area contributed by atoms with Crippen LogP contribution in [0.5, 0.6) is 0 Å². The lowest BCUT2D eigenvalue weighted by atomic mass is 9.92. The highest BCUT2D eigenvalue weighted by Crippen LogP contribution is 2.22. The molecular weight excluding hydrogens is 887 g/mol. The van der Waals surface area contributed by atoms with Crippen LogP contribution in [0.25, 0.3) is 0 Å². The number of hydrogen-bond acceptors (Lipinski definition) is 16. The minimum absolute atomic E-state index is 0.0316. The fourth-order valence-electron chi connectivity index (χ4n) is 8.78. The first-order valence-electron chi connectivity index (χ1n) is 23.6. The molecule has 22 nitrogen and oxygen atoms in total. The molecule has 14 N–H and O–H groups in total. The van der Waals surface area contributed by atoms with Gasteiger partial charge in [0.25, 0.3) is 0 Å². The number of likely N-dealkylation sites (tertiary alicyclic amines) is 3. The maximum Gasteiger partial charge on any atom is 0.219 e. The first-order valence-corrected chi connectivity index (χ1v) is 23.6. The van der Waals surface area contributed by atoms with E-state index in [1.807, 2.05) is 47.9 Å². The molecule has 3 aliphatic heterocycles. The average Bonchev–Trinajstić information content (AvgIpc) is 3.27. The number of carbonyl (C=O) groups is 4. The second-order valence-electron chi connectivity index (χ2n) is 19.2. The molecule has 3 aliphatic rings. The van der Waals surface area contributed by atoms with Crippen LogP contribution in [0.3, 0.4) is 0 Å². The topological polar surface area (TPSA) is 313 Å². The maximum atomic E-state index is 11.5. The molecule has 12 atom stereocenters. The van der Waals surface area contributed by atoms with Crippen LogP contribution in [0, 0.1) is 6.92 Å². The largest absolute Gasteiger partial charge is 0.395 e. The van der Waals surface area contributed by atoms with Gasteiger partial charge in [0.1, 0.15) is 24.9 Å². The summed E-state index contributed by atoms with van der Waals surface area (Å²) in [5.74, 6) is -0.725. The van der Waals surface area contributed by atoms with Crippen molar-refractivity contribution in [2.24, 2.45) is 0 Å². The Bertz CT molecular complexity index is 1660. The van der Waals surface area contributed by atoms with Crippen molar-refractivity contribution in [3.05, 3.63) is 42.3 Å². The average molecular weight is 973 g/mol. The van der Waals surface area contributed by atoms with Gasteiger partial charge in [-0.3, -0.25) is 33.9 Å². The van der Waals surface area contributed by atoms with Crippen molar-refractivity contribution in [3.8, 4) is 0 Å². The van der Waals surface area contributed by atoms with Crippen molar-refractivity contribution >= 4 is 23.6 Å². The molecule has 1 aromatic rings. The Labute approximate surface area is 402 Å². The third-order valence-corrected chi connectivity index (χ3v) is 12.7. The smallest absolute Gasteiger partial charge is 0.219 e. The maximum absolute atomic E-state index is 11.5. The molecule has 3 saturated heterocycles. The summed E-state index contributed by atoms with van der Waals surface area (Å²) in [6.45, 7) is 15.0. The zero-order valence-electron chi connectivity index (χ0n) is 41.5. The van der Waals surface area contributed by atoms with E-state index in [1.54, 1.807) is 0 Å². The second kappa shape index (κ2) is 29.6. The quantitative estimate of drug-likeness (QED) is 0.0453. The molecule has 4 amide bonds. The van der Waals surface area contributed by atoms with Gasteiger partial charge < -0.3 is 76.6 Å². The van der Waals surface area contributed by atoms with Crippen LogP contribution in [-0.4, -0.2) is 262 Å². The minimum Gasteiger partial charge on any atom is -0.395 e. The van der Waals surface area contributed by atoms with Gasteiger partial charge in [0.05, 0.1) is 129 Å². The van der Waals surface area contributed by atoms with Crippen LogP contribution in [-0.2, 0) is 32.3 Å². The van der Waals surface area contributed by atoms with Gasteiger partial charge in [0, 0.05) is 78.6 Å². The lowest BCUT2D eigenvalue weighted by Crippen LogP contribution is -3.06. The van der Waals surface area contributed by atoms with Gasteiger partial charge in [-0.1, -0.05) is 31.2 Å². The summed E-state index contributed by atoms with van der Waals surface area (Å²) in [5, 5.41) is 99.7.